The Bertz CT molecular complexity index is 1050. The third-order valence-corrected chi connectivity index (χ3v) is 5.00. The monoisotopic (exact) mass is 431 g/mol. The average Bonchev–Trinajstić information content (AvgIpc) is 3.31. The summed E-state index contributed by atoms with van der Waals surface area (Å²) in [5.74, 6) is 1.67. The molecule has 158 valence electrons. The van der Waals surface area contributed by atoms with E-state index in [1.807, 2.05) is 4.57 Å². The van der Waals surface area contributed by atoms with Crippen LogP contribution in [0.2, 0.25) is 0 Å². The Kier molecular flexibility index (Phi) is 6.77. The molecule has 3 rings (SSSR count). The number of rotatable bonds is 10. The number of non-ortho nitro benzene ring substituents is 1. The van der Waals surface area contributed by atoms with Crippen LogP contribution in [0.5, 0.6) is 0 Å². The largest absolute Gasteiger partial charge is 0.370 e. The van der Waals surface area contributed by atoms with E-state index in [2.05, 4.69) is 34.2 Å². The van der Waals surface area contributed by atoms with Crippen molar-refractivity contribution >= 4 is 23.4 Å². The molecule has 0 spiro atoms. The van der Waals surface area contributed by atoms with Crippen molar-refractivity contribution in [3.8, 4) is 11.4 Å². The van der Waals surface area contributed by atoms with Crippen molar-refractivity contribution < 1.29 is 14.2 Å². The Morgan fingerprint density at radius 3 is 2.87 bits per heavy atom. The van der Waals surface area contributed by atoms with E-state index in [4.69, 9.17) is 10.3 Å². The van der Waals surface area contributed by atoms with Crippen molar-refractivity contribution in [1.82, 2.24) is 24.9 Å². The quantitative estimate of drug-likeness (QED) is 0.289. The van der Waals surface area contributed by atoms with E-state index in [1.54, 1.807) is 12.1 Å². The molecule has 0 aliphatic rings. The van der Waals surface area contributed by atoms with Crippen LogP contribution in [0.25, 0.3) is 11.4 Å². The maximum atomic E-state index is 11.1. The predicted octanol–water partition coefficient (Wildman–Crippen LogP) is 2.60. The van der Waals surface area contributed by atoms with Crippen molar-refractivity contribution in [2.24, 2.45) is 11.7 Å². The number of primary amides is 1. The first kappa shape index (κ1) is 21.4. The summed E-state index contributed by atoms with van der Waals surface area (Å²) in [6.45, 7) is 4.86. The Morgan fingerprint density at radius 2 is 2.17 bits per heavy atom. The van der Waals surface area contributed by atoms with E-state index in [0.29, 0.717) is 47.1 Å². The standard InChI is InChI=1S/C18H21N7O4S/c1-11(2)9-24-15(7-6-14(19)26)21-22-18(24)30-10-16-20-17(23-29-16)12-4-3-5-13(8-12)25(27)28/h3-5,8,11H,6-7,9-10H2,1-2H3,(H2,19,26). The van der Waals surface area contributed by atoms with Gasteiger partial charge in [-0.3, -0.25) is 14.9 Å². The van der Waals surface area contributed by atoms with Gasteiger partial charge >= 0.3 is 0 Å². The summed E-state index contributed by atoms with van der Waals surface area (Å²) in [4.78, 5) is 25.9. The number of nitro benzene ring substituents is 1. The maximum absolute atomic E-state index is 11.1. The van der Waals surface area contributed by atoms with Gasteiger partial charge in [0, 0.05) is 37.1 Å². The maximum Gasteiger partial charge on any atom is 0.270 e. The van der Waals surface area contributed by atoms with Crippen LogP contribution in [0.4, 0.5) is 5.69 Å². The summed E-state index contributed by atoms with van der Waals surface area (Å²) < 4.78 is 7.25. The van der Waals surface area contributed by atoms with E-state index in [1.165, 1.54) is 23.9 Å². The Balaban J connectivity index is 1.72. The number of nitrogens with two attached hydrogens (primary N) is 1. The fraction of sp³-hybridized carbons (Fsp3) is 0.389. The number of thioether (sulfide) groups is 1. The first-order chi connectivity index (χ1) is 14.3. The highest BCUT2D eigenvalue weighted by Gasteiger charge is 2.17. The van der Waals surface area contributed by atoms with E-state index in [0.717, 1.165) is 0 Å². The Morgan fingerprint density at radius 1 is 1.37 bits per heavy atom. The van der Waals surface area contributed by atoms with Gasteiger partial charge in [0.25, 0.3) is 5.69 Å². The molecule has 2 aromatic heterocycles. The third kappa shape index (κ3) is 5.41. The lowest BCUT2D eigenvalue weighted by Crippen LogP contribution is -2.15. The van der Waals surface area contributed by atoms with Gasteiger partial charge in [-0.05, 0) is 5.92 Å². The van der Waals surface area contributed by atoms with Gasteiger partial charge in [0.1, 0.15) is 5.82 Å². The molecule has 0 fully saturated rings. The van der Waals surface area contributed by atoms with Crippen LogP contribution in [-0.2, 0) is 23.5 Å². The van der Waals surface area contributed by atoms with Crippen LogP contribution in [0.3, 0.4) is 0 Å². The Hall–Kier alpha value is -3.28. The molecule has 11 nitrogen and oxygen atoms in total. The zero-order valence-corrected chi connectivity index (χ0v) is 17.3. The van der Waals surface area contributed by atoms with Crippen molar-refractivity contribution in [3.63, 3.8) is 0 Å². The van der Waals surface area contributed by atoms with Crippen molar-refractivity contribution in [2.75, 3.05) is 0 Å². The van der Waals surface area contributed by atoms with Crippen molar-refractivity contribution in [1.29, 1.82) is 0 Å². The van der Waals surface area contributed by atoms with Gasteiger partial charge < -0.3 is 14.8 Å². The highest BCUT2D eigenvalue weighted by atomic mass is 32.2. The molecular weight excluding hydrogens is 410 g/mol. The molecule has 0 saturated carbocycles. The molecule has 0 aliphatic carbocycles. The summed E-state index contributed by atoms with van der Waals surface area (Å²) in [7, 11) is 0. The normalized spacial score (nSPS) is 11.2. The SMILES string of the molecule is CC(C)Cn1c(CCC(N)=O)nnc1SCc1nc(-c2cccc([N+](=O)[O-])c2)no1. The van der Waals surface area contributed by atoms with E-state index < -0.39 is 4.92 Å². The van der Waals surface area contributed by atoms with E-state index in [9.17, 15) is 14.9 Å². The molecule has 3 aromatic rings. The van der Waals surface area contributed by atoms with Crippen LogP contribution in [0.15, 0.2) is 33.9 Å². The molecule has 12 heteroatoms. The number of aromatic nitrogens is 5. The van der Waals surface area contributed by atoms with Gasteiger partial charge in [-0.1, -0.05) is 42.9 Å². The van der Waals surface area contributed by atoms with Crippen LogP contribution in [-0.4, -0.2) is 35.7 Å². The van der Waals surface area contributed by atoms with Gasteiger partial charge in [-0.25, -0.2) is 0 Å². The van der Waals surface area contributed by atoms with Crippen molar-refractivity contribution in [3.05, 3.63) is 46.1 Å². The average molecular weight is 431 g/mol. The minimum atomic E-state index is -0.474. The molecule has 1 amide bonds. The number of nitrogens with zero attached hydrogens (tertiary/aromatic N) is 6. The number of nitro groups is 1. The molecule has 0 radical (unpaired) electrons. The van der Waals surface area contributed by atoms with Gasteiger partial charge in [0.2, 0.25) is 17.6 Å². The molecule has 0 atom stereocenters. The summed E-state index contributed by atoms with van der Waals surface area (Å²) in [6, 6.07) is 6.04. The lowest BCUT2D eigenvalue weighted by molar-refractivity contribution is -0.384. The van der Waals surface area contributed by atoms with Crippen LogP contribution >= 0.6 is 11.8 Å². The third-order valence-electron chi connectivity index (χ3n) is 4.04. The molecule has 0 aliphatic heterocycles. The second kappa shape index (κ2) is 9.48. The molecule has 2 N–H and O–H groups in total. The van der Waals surface area contributed by atoms with E-state index >= 15 is 0 Å². The van der Waals surface area contributed by atoms with Gasteiger partial charge in [-0.15, -0.1) is 10.2 Å². The number of carbonyl (C=O) groups excluding carboxylic acids is 1. The van der Waals surface area contributed by atoms with Crippen LogP contribution < -0.4 is 5.73 Å². The minimum absolute atomic E-state index is 0.0431. The summed E-state index contributed by atoms with van der Waals surface area (Å²) >= 11 is 1.38. The molecular formula is C18H21N7O4S. The summed E-state index contributed by atoms with van der Waals surface area (Å²) in [5, 5.41) is 23.9. The fourth-order valence-corrected chi connectivity index (χ4v) is 3.51. The smallest absolute Gasteiger partial charge is 0.270 e. The number of carbonyl (C=O) groups is 1. The van der Waals surface area contributed by atoms with E-state index in [-0.39, 0.29) is 23.8 Å². The van der Waals surface area contributed by atoms with Crippen LogP contribution in [0, 0.1) is 16.0 Å². The first-order valence-electron chi connectivity index (χ1n) is 9.24. The second-order valence-electron chi connectivity index (χ2n) is 6.98. The Labute approximate surface area is 176 Å². The zero-order chi connectivity index (χ0) is 21.7. The molecule has 0 unspecified atom stereocenters. The molecule has 2 heterocycles. The molecule has 0 bridgehead atoms. The highest BCUT2D eigenvalue weighted by molar-refractivity contribution is 7.98. The first-order valence-corrected chi connectivity index (χ1v) is 10.2. The minimum Gasteiger partial charge on any atom is -0.370 e. The highest BCUT2D eigenvalue weighted by Crippen LogP contribution is 2.25. The molecule has 0 saturated heterocycles. The predicted molar refractivity (Wildman–Crippen MR) is 108 cm³/mol. The van der Waals surface area contributed by atoms with Gasteiger partial charge in [-0.2, -0.15) is 4.98 Å². The fourth-order valence-electron chi connectivity index (χ4n) is 2.71. The molecule has 30 heavy (non-hydrogen) atoms. The lowest BCUT2D eigenvalue weighted by atomic mass is 10.2. The van der Waals surface area contributed by atoms with Crippen molar-refractivity contribution in [2.45, 2.75) is 44.1 Å². The zero-order valence-electron chi connectivity index (χ0n) is 16.5. The van der Waals surface area contributed by atoms with Gasteiger partial charge in [0.05, 0.1) is 10.7 Å². The topological polar surface area (TPSA) is 156 Å². The second-order valence-corrected chi connectivity index (χ2v) is 7.92. The summed E-state index contributed by atoms with van der Waals surface area (Å²) in [6.07, 6.45) is 0.629. The summed E-state index contributed by atoms with van der Waals surface area (Å²) in [5.41, 5.74) is 5.70. The molecule has 1 aromatic carbocycles. The lowest BCUT2D eigenvalue weighted by Gasteiger charge is -2.11. The van der Waals surface area contributed by atoms with Crippen LogP contribution in [0.1, 0.15) is 32.0 Å². The number of benzene rings is 1. The number of hydrogen-bond donors (Lipinski definition) is 1. The number of aryl methyl sites for hydroxylation is 1. The number of amides is 1. The number of hydrogen-bond acceptors (Lipinski definition) is 9. The van der Waals surface area contributed by atoms with Gasteiger partial charge in [0.15, 0.2) is 5.16 Å².